The molecule has 6 heteroatoms. The number of aromatic carboxylic acids is 1. The molecule has 0 saturated carbocycles. The predicted molar refractivity (Wildman–Crippen MR) is 57.9 cm³/mol. The number of fused-ring (bicyclic) bond motifs is 1. The fourth-order valence-corrected chi connectivity index (χ4v) is 1.81. The van der Waals surface area contributed by atoms with Crippen molar-refractivity contribution in [1.29, 1.82) is 0 Å². The van der Waals surface area contributed by atoms with E-state index in [2.05, 4.69) is 0 Å². The summed E-state index contributed by atoms with van der Waals surface area (Å²) in [4.78, 5) is 10.9. The number of alkyl halides is 2. The monoisotopic (exact) mass is 260 g/mol. The molecule has 0 aliphatic heterocycles. The highest BCUT2D eigenvalue weighted by atomic mass is 35.5. The number of rotatable bonds is 3. The van der Waals surface area contributed by atoms with E-state index in [0.29, 0.717) is 5.39 Å². The molecule has 0 amide bonds. The van der Waals surface area contributed by atoms with Gasteiger partial charge in [0.15, 0.2) is 0 Å². The number of halogens is 3. The van der Waals surface area contributed by atoms with Crippen LogP contribution in [0.3, 0.4) is 0 Å². The summed E-state index contributed by atoms with van der Waals surface area (Å²) in [5, 5.41) is 9.56. The molecule has 1 aromatic carbocycles. The van der Waals surface area contributed by atoms with Crippen LogP contribution in [0.2, 0.25) is 5.02 Å². The van der Waals surface area contributed by atoms with Gasteiger partial charge in [-0.3, -0.25) is 0 Å². The molecule has 0 saturated heterocycles. The van der Waals surface area contributed by atoms with Crippen LogP contribution in [0.25, 0.3) is 11.0 Å². The molecule has 0 radical (unpaired) electrons. The van der Waals surface area contributed by atoms with E-state index >= 15 is 0 Å². The van der Waals surface area contributed by atoms with E-state index in [1.54, 1.807) is 0 Å². The molecule has 1 heterocycles. The zero-order valence-corrected chi connectivity index (χ0v) is 9.17. The van der Waals surface area contributed by atoms with Crippen LogP contribution in [-0.4, -0.2) is 17.5 Å². The van der Waals surface area contributed by atoms with E-state index in [9.17, 15) is 13.6 Å². The Hall–Kier alpha value is -1.62. The first-order valence-corrected chi connectivity index (χ1v) is 5.08. The maximum absolute atomic E-state index is 12.2. The molecule has 2 rings (SSSR count). The predicted octanol–water partition coefficient (Wildman–Crippen LogP) is 3.59. The van der Waals surface area contributed by atoms with E-state index < -0.39 is 18.8 Å². The molecule has 17 heavy (non-hydrogen) atoms. The summed E-state index contributed by atoms with van der Waals surface area (Å²) in [5.41, 5.74) is -0.0643. The second kappa shape index (κ2) is 4.33. The van der Waals surface area contributed by atoms with Crippen molar-refractivity contribution in [3.8, 4) is 0 Å². The fourth-order valence-electron chi connectivity index (χ4n) is 1.58. The maximum Gasteiger partial charge on any atom is 0.339 e. The Morgan fingerprint density at radius 2 is 2.12 bits per heavy atom. The summed E-state index contributed by atoms with van der Waals surface area (Å²) in [5.74, 6) is -1.17. The lowest BCUT2D eigenvalue weighted by Crippen LogP contribution is -1.96. The van der Waals surface area contributed by atoms with E-state index in [0.717, 1.165) is 0 Å². The molecule has 3 nitrogen and oxygen atoms in total. The van der Waals surface area contributed by atoms with Crippen LogP contribution in [0.5, 0.6) is 0 Å². The highest BCUT2D eigenvalue weighted by molar-refractivity contribution is 6.32. The number of carboxylic acids is 1. The standard InChI is InChI=1S/C11H7ClF2O3/c12-6-1-5-2-7(4-9(13)14)17-10(5)8(3-6)11(15)16/h1-3,9H,4H2,(H,15,16). The summed E-state index contributed by atoms with van der Waals surface area (Å²) in [7, 11) is 0. The molecule has 0 aliphatic carbocycles. The van der Waals surface area contributed by atoms with Gasteiger partial charge in [-0.05, 0) is 18.2 Å². The maximum atomic E-state index is 12.2. The van der Waals surface area contributed by atoms with Crippen LogP contribution in [0.1, 0.15) is 16.1 Å². The van der Waals surface area contributed by atoms with Crippen molar-refractivity contribution < 1.29 is 23.1 Å². The molecule has 1 N–H and O–H groups in total. The molecule has 90 valence electrons. The molecule has 0 atom stereocenters. The van der Waals surface area contributed by atoms with Gasteiger partial charge in [-0.15, -0.1) is 0 Å². The van der Waals surface area contributed by atoms with E-state index in [1.807, 2.05) is 0 Å². The number of carboxylic acid groups (broad SMARTS) is 1. The van der Waals surface area contributed by atoms with Gasteiger partial charge in [0.25, 0.3) is 0 Å². The Labute approximate surface area is 99.6 Å². The molecule has 2 aromatic rings. The number of benzene rings is 1. The third kappa shape index (κ3) is 2.39. The van der Waals surface area contributed by atoms with Gasteiger partial charge in [-0.1, -0.05) is 11.6 Å². The summed E-state index contributed by atoms with van der Waals surface area (Å²) < 4.78 is 29.5. The normalized spacial score (nSPS) is 11.3. The molecular weight excluding hydrogens is 254 g/mol. The molecule has 0 unspecified atom stereocenters. The molecule has 0 bridgehead atoms. The number of hydrogen-bond acceptors (Lipinski definition) is 2. The minimum Gasteiger partial charge on any atom is -0.478 e. The number of carbonyl (C=O) groups is 1. The Morgan fingerprint density at radius 3 is 2.71 bits per heavy atom. The average molecular weight is 261 g/mol. The summed E-state index contributed by atoms with van der Waals surface area (Å²) in [6, 6.07) is 4.07. The first-order chi connectivity index (χ1) is 7.97. The van der Waals surface area contributed by atoms with Gasteiger partial charge in [0.2, 0.25) is 6.43 Å². The van der Waals surface area contributed by atoms with Gasteiger partial charge in [0.1, 0.15) is 16.9 Å². The van der Waals surface area contributed by atoms with Gasteiger partial charge in [0.05, 0.1) is 6.42 Å². The van der Waals surface area contributed by atoms with Crippen molar-refractivity contribution in [2.45, 2.75) is 12.8 Å². The van der Waals surface area contributed by atoms with Gasteiger partial charge in [-0.25, -0.2) is 13.6 Å². The van der Waals surface area contributed by atoms with Crippen LogP contribution in [0.4, 0.5) is 8.78 Å². The van der Waals surface area contributed by atoms with Gasteiger partial charge in [0, 0.05) is 10.4 Å². The lowest BCUT2D eigenvalue weighted by molar-refractivity contribution is 0.0698. The SMILES string of the molecule is O=C(O)c1cc(Cl)cc2cc(CC(F)F)oc12. The van der Waals surface area contributed by atoms with Crippen molar-refractivity contribution in [1.82, 2.24) is 0 Å². The van der Waals surface area contributed by atoms with E-state index in [1.165, 1.54) is 18.2 Å². The smallest absolute Gasteiger partial charge is 0.339 e. The van der Waals surface area contributed by atoms with Crippen LogP contribution in [-0.2, 0) is 6.42 Å². The molecule has 0 fully saturated rings. The van der Waals surface area contributed by atoms with Crippen molar-refractivity contribution in [2.75, 3.05) is 0 Å². The second-order valence-corrected chi connectivity index (χ2v) is 3.92. The first kappa shape index (κ1) is 11.9. The molecule has 0 aliphatic rings. The van der Waals surface area contributed by atoms with Gasteiger partial charge in [-0.2, -0.15) is 0 Å². The number of furan rings is 1. The van der Waals surface area contributed by atoms with Crippen LogP contribution >= 0.6 is 11.6 Å². The van der Waals surface area contributed by atoms with E-state index in [-0.39, 0.29) is 21.9 Å². The lowest BCUT2D eigenvalue weighted by atomic mass is 10.1. The largest absolute Gasteiger partial charge is 0.478 e. The van der Waals surface area contributed by atoms with Crippen molar-refractivity contribution in [2.24, 2.45) is 0 Å². The zero-order valence-electron chi connectivity index (χ0n) is 8.41. The van der Waals surface area contributed by atoms with Crippen LogP contribution in [0.15, 0.2) is 22.6 Å². The Morgan fingerprint density at radius 1 is 1.41 bits per heavy atom. The lowest BCUT2D eigenvalue weighted by Gasteiger charge is -1.97. The first-order valence-electron chi connectivity index (χ1n) is 4.71. The molecule has 1 aromatic heterocycles. The van der Waals surface area contributed by atoms with Crippen molar-refractivity contribution in [3.05, 3.63) is 34.5 Å². The number of hydrogen-bond donors (Lipinski definition) is 1. The second-order valence-electron chi connectivity index (χ2n) is 3.48. The van der Waals surface area contributed by atoms with E-state index in [4.69, 9.17) is 21.1 Å². The Bertz CT molecular complexity index is 577. The summed E-state index contributed by atoms with van der Waals surface area (Å²) in [6.07, 6.45) is -3.09. The third-order valence-electron chi connectivity index (χ3n) is 2.22. The summed E-state index contributed by atoms with van der Waals surface area (Å²) in [6.45, 7) is 0. The Kier molecular flexibility index (Phi) is 3.02. The topological polar surface area (TPSA) is 50.4 Å². The van der Waals surface area contributed by atoms with Crippen LogP contribution < -0.4 is 0 Å². The minimum absolute atomic E-state index is 0.0415. The third-order valence-corrected chi connectivity index (χ3v) is 2.44. The van der Waals surface area contributed by atoms with Crippen molar-refractivity contribution >= 4 is 28.5 Å². The quantitative estimate of drug-likeness (QED) is 0.917. The van der Waals surface area contributed by atoms with Crippen molar-refractivity contribution in [3.63, 3.8) is 0 Å². The fraction of sp³-hybridized carbons (Fsp3) is 0.182. The highest BCUT2D eigenvalue weighted by Gasteiger charge is 2.16. The average Bonchev–Trinajstić information content (AvgIpc) is 2.56. The molecule has 0 spiro atoms. The summed E-state index contributed by atoms with van der Waals surface area (Å²) >= 11 is 5.73. The van der Waals surface area contributed by atoms with Crippen LogP contribution in [0, 0.1) is 0 Å². The Balaban J connectivity index is 2.59. The zero-order chi connectivity index (χ0) is 12.6. The molecular formula is C11H7ClF2O3. The van der Waals surface area contributed by atoms with Gasteiger partial charge < -0.3 is 9.52 Å². The minimum atomic E-state index is -2.54. The van der Waals surface area contributed by atoms with Gasteiger partial charge >= 0.3 is 5.97 Å². The highest BCUT2D eigenvalue weighted by Crippen LogP contribution is 2.28.